The van der Waals surface area contributed by atoms with Crippen molar-refractivity contribution < 1.29 is 9.53 Å². The van der Waals surface area contributed by atoms with Gasteiger partial charge in [0.15, 0.2) is 5.78 Å². The van der Waals surface area contributed by atoms with Gasteiger partial charge in [-0.05, 0) is 38.3 Å². The van der Waals surface area contributed by atoms with Gasteiger partial charge < -0.3 is 4.74 Å². The molecule has 0 saturated heterocycles. The summed E-state index contributed by atoms with van der Waals surface area (Å²) in [6.07, 6.45) is 6.67. The first-order chi connectivity index (χ1) is 8.69. The van der Waals surface area contributed by atoms with Crippen molar-refractivity contribution in [2.24, 2.45) is 0 Å². The van der Waals surface area contributed by atoms with Crippen LogP contribution in [0, 0.1) is 6.92 Å². The fraction of sp³-hybridized carbons (Fsp3) is 0.438. The van der Waals surface area contributed by atoms with Gasteiger partial charge in [-0.3, -0.25) is 4.79 Å². The minimum atomic E-state index is 0.175. The maximum atomic E-state index is 12.1. The normalized spacial score (nSPS) is 10.1. The lowest BCUT2D eigenvalue weighted by Gasteiger charge is -2.08. The number of benzene rings is 1. The largest absolute Gasteiger partial charge is 0.496 e. The van der Waals surface area contributed by atoms with E-state index in [0.29, 0.717) is 17.7 Å². The summed E-state index contributed by atoms with van der Waals surface area (Å²) in [6.45, 7) is 5.68. The van der Waals surface area contributed by atoms with Crippen molar-refractivity contribution in [2.45, 2.75) is 39.0 Å². The molecule has 2 nitrogen and oxygen atoms in total. The number of aryl methyl sites for hydroxylation is 1. The second kappa shape index (κ2) is 7.70. The zero-order valence-electron chi connectivity index (χ0n) is 11.4. The first-order valence-electron chi connectivity index (χ1n) is 6.47. The molecule has 1 aromatic rings. The summed E-state index contributed by atoms with van der Waals surface area (Å²) < 4.78 is 5.23. The first kappa shape index (κ1) is 14.5. The molecule has 0 bridgehead atoms. The highest BCUT2D eigenvalue weighted by Gasteiger charge is 2.11. The number of hydrogen-bond acceptors (Lipinski definition) is 2. The van der Waals surface area contributed by atoms with E-state index in [1.165, 1.54) is 0 Å². The maximum absolute atomic E-state index is 12.1. The van der Waals surface area contributed by atoms with Crippen LogP contribution in [0.1, 0.15) is 48.0 Å². The number of rotatable bonds is 8. The van der Waals surface area contributed by atoms with Gasteiger partial charge >= 0.3 is 0 Å². The van der Waals surface area contributed by atoms with Crippen molar-refractivity contribution in [3.63, 3.8) is 0 Å². The predicted octanol–water partition coefficient (Wildman–Crippen LogP) is 4.32. The molecule has 0 atom stereocenters. The average molecular weight is 246 g/mol. The van der Waals surface area contributed by atoms with E-state index in [0.717, 1.165) is 31.2 Å². The van der Waals surface area contributed by atoms with Crippen LogP contribution in [0.25, 0.3) is 0 Å². The summed E-state index contributed by atoms with van der Waals surface area (Å²) >= 11 is 0. The predicted molar refractivity (Wildman–Crippen MR) is 75.3 cm³/mol. The second-order valence-corrected chi connectivity index (χ2v) is 4.51. The minimum absolute atomic E-state index is 0.175. The topological polar surface area (TPSA) is 26.3 Å². The smallest absolute Gasteiger partial charge is 0.166 e. The summed E-state index contributed by atoms with van der Waals surface area (Å²) in [7, 11) is 1.60. The number of ketones is 1. The molecule has 98 valence electrons. The molecule has 0 aliphatic heterocycles. The van der Waals surface area contributed by atoms with Gasteiger partial charge in [0.1, 0.15) is 5.75 Å². The van der Waals surface area contributed by atoms with E-state index < -0.39 is 0 Å². The lowest BCUT2D eigenvalue weighted by atomic mass is 10.0. The average Bonchev–Trinajstić information content (AvgIpc) is 2.38. The Morgan fingerprint density at radius 2 is 2.11 bits per heavy atom. The summed E-state index contributed by atoms with van der Waals surface area (Å²) in [5, 5.41) is 0. The molecule has 18 heavy (non-hydrogen) atoms. The van der Waals surface area contributed by atoms with Gasteiger partial charge in [0.05, 0.1) is 12.7 Å². The van der Waals surface area contributed by atoms with E-state index in [1.807, 2.05) is 31.2 Å². The molecular formula is C16H22O2. The second-order valence-electron chi connectivity index (χ2n) is 4.51. The fourth-order valence-electron chi connectivity index (χ4n) is 1.93. The van der Waals surface area contributed by atoms with Gasteiger partial charge in [0.2, 0.25) is 0 Å². The Labute approximate surface area is 110 Å². The quantitative estimate of drug-likeness (QED) is 0.388. The first-order valence-corrected chi connectivity index (χ1v) is 6.47. The van der Waals surface area contributed by atoms with Crippen molar-refractivity contribution in [1.29, 1.82) is 0 Å². The van der Waals surface area contributed by atoms with Crippen LogP contribution in [0.2, 0.25) is 0 Å². The molecule has 0 aliphatic rings. The van der Waals surface area contributed by atoms with Crippen LogP contribution in [-0.2, 0) is 0 Å². The van der Waals surface area contributed by atoms with Gasteiger partial charge in [-0.15, -0.1) is 6.58 Å². The van der Waals surface area contributed by atoms with Gasteiger partial charge in [-0.2, -0.15) is 0 Å². The zero-order chi connectivity index (χ0) is 13.4. The Morgan fingerprint density at radius 3 is 2.78 bits per heavy atom. The monoisotopic (exact) mass is 246 g/mol. The molecular weight excluding hydrogens is 224 g/mol. The van der Waals surface area contributed by atoms with E-state index in [-0.39, 0.29) is 5.78 Å². The molecule has 0 aromatic heterocycles. The zero-order valence-corrected chi connectivity index (χ0v) is 11.4. The van der Waals surface area contributed by atoms with Crippen LogP contribution in [0.5, 0.6) is 5.75 Å². The summed E-state index contributed by atoms with van der Waals surface area (Å²) in [6, 6.07) is 5.73. The Hall–Kier alpha value is -1.57. The highest BCUT2D eigenvalue weighted by atomic mass is 16.5. The van der Waals surface area contributed by atoms with Crippen LogP contribution in [0.15, 0.2) is 30.9 Å². The van der Waals surface area contributed by atoms with Crippen molar-refractivity contribution >= 4 is 5.78 Å². The van der Waals surface area contributed by atoms with E-state index in [9.17, 15) is 4.79 Å². The SMILES string of the molecule is C=CCCCCCC(=O)c1cc(C)ccc1OC. The molecule has 0 N–H and O–H groups in total. The molecule has 0 radical (unpaired) electrons. The third kappa shape index (κ3) is 4.36. The van der Waals surface area contributed by atoms with E-state index >= 15 is 0 Å². The molecule has 1 aromatic carbocycles. The Morgan fingerprint density at radius 1 is 1.33 bits per heavy atom. The Kier molecular flexibility index (Phi) is 6.20. The number of ether oxygens (including phenoxy) is 1. The number of carbonyl (C=O) groups is 1. The molecule has 2 heteroatoms. The maximum Gasteiger partial charge on any atom is 0.166 e. The lowest BCUT2D eigenvalue weighted by molar-refractivity contribution is 0.0976. The van der Waals surface area contributed by atoms with Gasteiger partial charge in [-0.25, -0.2) is 0 Å². The third-order valence-electron chi connectivity index (χ3n) is 2.97. The van der Waals surface area contributed by atoms with Crippen molar-refractivity contribution in [1.82, 2.24) is 0 Å². The Bertz CT molecular complexity index is 408. The molecule has 0 amide bonds. The standard InChI is InChI=1S/C16H22O2/c1-4-5-6-7-8-9-15(17)14-12-13(2)10-11-16(14)18-3/h4,10-12H,1,5-9H2,2-3H3. The highest BCUT2D eigenvalue weighted by Crippen LogP contribution is 2.22. The van der Waals surface area contributed by atoms with Gasteiger partial charge in [0, 0.05) is 6.42 Å². The molecule has 0 unspecified atom stereocenters. The fourth-order valence-corrected chi connectivity index (χ4v) is 1.93. The summed E-state index contributed by atoms with van der Waals surface area (Å²) in [5.41, 5.74) is 1.80. The van der Waals surface area contributed by atoms with Crippen molar-refractivity contribution in [3.05, 3.63) is 42.0 Å². The van der Waals surface area contributed by atoms with Crippen LogP contribution in [-0.4, -0.2) is 12.9 Å². The van der Waals surface area contributed by atoms with E-state index in [2.05, 4.69) is 6.58 Å². The number of methoxy groups -OCH3 is 1. The highest BCUT2D eigenvalue weighted by molar-refractivity contribution is 5.98. The number of allylic oxidation sites excluding steroid dienone is 1. The van der Waals surface area contributed by atoms with Crippen molar-refractivity contribution in [3.8, 4) is 5.75 Å². The van der Waals surface area contributed by atoms with E-state index in [4.69, 9.17) is 4.74 Å². The minimum Gasteiger partial charge on any atom is -0.496 e. The van der Waals surface area contributed by atoms with Crippen LogP contribution in [0.3, 0.4) is 0 Å². The van der Waals surface area contributed by atoms with Crippen molar-refractivity contribution in [2.75, 3.05) is 7.11 Å². The summed E-state index contributed by atoms with van der Waals surface area (Å²) in [4.78, 5) is 12.1. The van der Waals surface area contributed by atoms with Crippen LogP contribution >= 0.6 is 0 Å². The number of hydrogen-bond donors (Lipinski definition) is 0. The van der Waals surface area contributed by atoms with Gasteiger partial charge in [0.25, 0.3) is 0 Å². The molecule has 0 spiro atoms. The number of Topliss-reactive ketones (excluding diaryl/α,β-unsaturated/α-hetero) is 1. The molecule has 0 fully saturated rings. The molecule has 0 aliphatic carbocycles. The van der Waals surface area contributed by atoms with Crippen LogP contribution < -0.4 is 4.74 Å². The molecule has 1 rings (SSSR count). The third-order valence-corrected chi connectivity index (χ3v) is 2.97. The molecule has 0 heterocycles. The lowest BCUT2D eigenvalue weighted by Crippen LogP contribution is -2.02. The van der Waals surface area contributed by atoms with Crippen LogP contribution in [0.4, 0.5) is 0 Å². The summed E-state index contributed by atoms with van der Waals surface area (Å²) in [5.74, 6) is 0.853. The molecule has 0 saturated carbocycles. The Balaban J connectivity index is 2.55. The van der Waals surface area contributed by atoms with Gasteiger partial charge in [-0.1, -0.05) is 24.1 Å². The van der Waals surface area contributed by atoms with E-state index in [1.54, 1.807) is 7.11 Å². The number of carbonyl (C=O) groups excluding carboxylic acids is 1. The number of unbranched alkanes of at least 4 members (excludes halogenated alkanes) is 3.